The fourth-order valence-electron chi connectivity index (χ4n) is 1.67. The van der Waals surface area contributed by atoms with Gasteiger partial charge in [0.2, 0.25) is 0 Å². The molecule has 1 N–H and O–H groups in total. The number of ether oxygens (including phenoxy) is 1. The van der Waals surface area contributed by atoms with Crippen molar-refractivity contribution in [3.05, 3.63) is 32.7 Å². The van der Waals surface area contributed by atoms with Crippen molar-refractivity contribution >= 4 is 22.0 Å². The summed E-state index contributed by atoms with van der Waals surface area (Å²) in [6, 6.07) is 0.748. The van der Waals surface area contributed by atoms with Crippen LogP contribution in [-0.4, -0.2) is 22.8 Å². The van der Waals surface area contributed by atoms with E-state index in [2.05, 4.69) is 21.2 Å². The minimum Gasteiger partial charge on any atom is -0.444 e. The van der Waals surface area contributed by atoms with E-state index in [1.54, 1.807) is 20.8 Å². The first-order valence-electron chi connectivity index (χ1n) is 6.84. The van der Waals surface area contributed by atoms with Gasteiger partial charge in [0.05, 0.1) is 10.0 Å². The molecule has 0 aliphatic carbocycles. The molecule has 1 heterocycles. The van der Waals surface area contributed by atoms with Crippen molar-refractivity contribution in [2.75, 3.05) is 6.54 Å². The molecule has 0 unspecified atom stereocenters. The Morgan fingerprint density at radius 1 is 1.35 bits per heavy atom. The van der Waals surface area contributed by atoms with Crippen LogP contribution in [0.3, 0.4) is 0 Å². The average molecular weight is 399 g/mol. The molecular weight excluding hydrogens is 381 g/mol. The Morgan fingerprint density at radius 2 is 1.96 bits per heavy atom. The summed E-state index contributed by atoms with van der Waals surface area (Å²) in [6.07, 6.45) is -4.10. The van der Waals surface area contributed by atoms with Crippen molar-refractivity contribution in [2.24, 2.45) is 0 Å². The average Bonchev–Trinajstić information content (AvgIpc) is 2.35. The Hall–Kier alpha value is -1.51. The van der Waals surface area contributed by atoms with Gasteiger partial charge in [-0.1, -0.05) is 0 Å². The number of hydrogen-bond donors (Lipinski definition) is 1. The zero-order valence-electron chi connectivity index (χ0n) is 13.0. The predicted molar refractivity (Wildman–Crippen MR) is 82.3 cm³/mol. The number of carbonyl (C=O) groups excluding carboxylic acids is 1. The van der Waals surface area contributed by atoms with Gasteiger partial charge in [-0.25, -0.2) is 4.79 Å². The van der Waals surface area contributed by atoms with E-state index < -0.39 is 29.0 Å². The van der Waals surface area contributed by atoms with Crippen LogP contribution in [-0.2, 0) is 17.5 Å². The molecule has 5 nitrogen and oxygen atoms in total. The maximum atomic E-state index is 12.7. The van der Waals surface area contributed by atoms with Crippen LogP contribution in [0.1, 0.15) is 32.8 Å². The second kappa shape index (κ2) is 7.37. The van der Waals surface area contributed by atoms with E-state index in [1.165, 1.54) is 0 Å². The summed E-state index contributed by atoms with van der Waals surface area (Å²) >= 11 is 2.83. The van der Waals surface area contributed by atoms with Crippen LogP contribution in [0.25, 0.3) is 0 Å². The quantitative estimate of drug-likeness (QED) is 0.788. The summed E-state index contributed by atoms with van der Waals surface area (Å²) < 4.78 is 44.0. The normalized spacial score (nSPS) is 12.1. The zero-order valence-corrected chi connectivity index (χ0v) is 14.5. The lowest BCUT2D eigenvalue weighted by molar-refractivity contribution is -0.138. The van der Waals surface area contributed by atoms with Gasteiger partial charge in [-0.15, -0.1) is 0 Å². The minimum absolute atomic E-state index is 0.0388. The Labute approximate surface area is 139 Å². The number of pyridine rings is 1. The number of hydrogen-bond acceptors (Lipinski definition) is 3. The molecule has 9 heteroatoms. The van der Waals surface area contributed by atoms with Gasteiger partial charge in [0.1, 0.15) is 5.60 Å². The maximum Gasteiger partial charge on any atom is 0.417 e. The van der Waals surface area contributed by atoms with E-state index in [-0.39, 0.29) is 24.0 Å². The molecular formula is C14H18BrF3N2O3. The van der Waals surface area contributed by atoms with Crippen LogP contribution < -0.4 is 10.9 Å². The molecule has 0 saturated heterocycles. The van der Waals surface area contributed by atoms with Crippen LogP contribution in [0, 0.1) is 0 Å². The number of aryl methyl sites for hydroxylation is 1. The molecule has 1 rings (SSSR count). The highest BCUT2D eigenvalue weighted by atomic mass is 79.9. The number of rotatable bonds is 4. The summed E-state index contributed by atoms with van der Waals surface area (Å²) in [5.41, 5.74) is -2.10. The lowest BCUT2D eigenvalue weighted by atomic mass is 10.2. The van der Waals surface area contributed by atoms with Crippen LogP contribution in [0.15, 0.2) is 21.5 Å². The number of carbonyl (C=O) groups is 1. The Kier molecular flexibility index (Phi) is 6.26. The van der Waals surface area contributed by atoms with Gasteiger partial charge in [-0.3, -0.25) is 4.79 Å². The highest BCUT2D eigenvalue weighted by molar-refractivity contribution is 9.10. The molecule has 0 aromatic carbocycles. The standard InChI is InChI=1S/C14H18BrF3N2O3/c1-13(2,3)23-12(22)19-5-4-6-20-8-9(14(16,17)18)7-10(15)11(20)21/h7-8H,4-6H2,1-3H3,(H,19,22). The summed E-state index contributed by atoms with van der Waals surface area (Å²) in [6.45, 7) is 5.36. The second-order valence-electron chi connectivity index (χ2n) is 5.86. The molecule has 0 fully saturated rings. The van der Waals surface area contributed by atoms with Gasteiger partial charge in [0.25, 0.3) is 5.56 Å². The van der Waals surface area contributed by atoms with Crippen molar-refractivity contribution in [1.29, 1.82) is 0 Å². The molecule has 0 atom stereocenters. The molecule has 0 aliphatic rings. The molecule has 23 heavy (non-hydrogen) atoms. The molecule has 1 aromatic rings. The van der Waals surface area contributed by atoms with Gasteiger partial charge in [0.15, 0.2) is 0 Å². The third-order valence-electron chi connectivity index (χ3n) is 2.61. The van der Waals surface area contributed by atoms with E-state index in [1.807, 2.05) is 0 Å². The summed E-state index contributed by atoms with van der Waals surface area (Å²) in [5, 5.41) is 2.48. The number of alkyl carbamates (subject to hydrolysis) is 1. The smallest absolute Gasteiger partial charge is 0.417 e. The fourth-order valence-corrected chi connectivity index (χ4v) is 2.15. The first-order valence-corrected chi connectivity index (χ1v) is 7.63. The van der Waals surface area contributed by atoms with Crippen molar-refractivity contribution in [2.45, 2.75) is 45.5 Å². The lowest BCUT2D eigenvalue weighted by Crippen LogP contribution is -2.33. The number of alkyl halides is 3. The molecule has 0 spiro atoms. The largest absolute Gasteiger partial charge is 0.444 e. The van der Waals surface area contributed by atoms with E-state index in [9.17, 15) is 22.8 Å². The number of nitrogens with zero attached hydrogens (tertiary/aromatic N) is 1. The van der Waals surface area contributed by atoms with Crippen LogP contribution in [0.5, 0.6) is 0 Å². The molecule has 0 radical (unpaired) electrons. The van der Waals surface area contributed by atoms with Gasteiger partial charge in [-0.05, 0) is 49.2 Å². The SMILES string of the molecule is CC(C)(C)OC(=O)NCCCn1cc(C(F)(F)F)cc(Br)c1=O. The van der Waals surface area contributed by atoms with E-state index >= 15 is 0 Å². The Balaban J connectivity index is 2.63. The number of aromatic nitrogens is 1. The summed E-state index contributed by atoms with van der Waals surface area (Å²) in [4.78, 5) is 23.2. The van der Waals surface area contributed by atoms with E-state index in [4.69, 9.17) is 4.74 Å². The van der Waals surface area contributed by atoms with E-state index in [0.29, 0.717) is 0 Å². The third-order valence-corrected chi connectivity index (χ3v) is 3.18. The van der Waals surface area contributed by atoms with Gasteiger partial charge in [0, 0.05) is 19.3 Å². The summed E-state index contributed by atoms with van der Waals surface area (Å²) in [5.74, 6) is 0. The predicted octanol–water partition coefficient (Wildman–Crippen LogP) is 3.54. The minimum atomic E-state index is -4.53. The maximum absolute atomic E-state index is 12.7. The molecule has 0 bridgehead atoms. The van der Waals surface area contributed by atoms with Gasteiger partial charge >= 0.3 is 12.3 Å². The topological polar surface area (TPSA) is 60.3 Å². The molecule has 0 aliphatic heterocycles. The zero-order chi connectivity index (χ0) is 17.8. The van der Waals surface area contributed by atoms with Crippen molar-refractivity contribution < 1.29 is 22.7 Å². The van der Waals surface area contributed by atoms with Gasteiger partial charge in [-0.2, -0.15) is 13.2 Å². The van der Waals surface area contributed by atoms with E-state index in [0.717, 1.165) is 16.8 Å². The van der Waals surface area contributed by atoms with Crippen molar-refractivity contribution in [3.8, 4) is 0 Å². The number of nitrogens with one attached hydrogen (secondary N) is 1. The molecule has 1 aromatic heterocycles. The van der Waals surface area contributed by atoms with Crippen LogP contribution in [0.2, 0.25) is 0 Å². The first-order chi connectivity index (χ1) is 10.4. The lowest BCUT2D eigenvalue weighted by Gasteiger charge is -2.19. The second-order valence-corrected chi connectivity index (χ2v) is 6.71. The number of halogens is 4. The molecule has 1 amide bonds. The summed E-state index contributed by atoms with van der Waals surface area (Å²) in [7, 11) is 0. The Bertz CT molecular complexity index is 621. The fraction of sp³-hybridized carbons (Fsp3) is 0.571. The molecule has 0 saturated carbocycles. The monoisotopic (exact) mass is 398 g/mol. The van der Waals surface area contributed by atoms with Crippen LogP contribution >= 0.6 is 15.9 Å². The van der Waals surface area contributed by atoms with Crippen molar-refractivity contribution in [3.63, 3.8) is 0 Å². The molecule has 130 valence electrons. The van der Waals surface area contributed by atoms with Crippen LogP contribution in [0.4, 0.5) is 18.0 Å². The number of amides is 1. The highest BCUT2D eigenvalue weighted by Crippen LogP contribution is 2.29. The highest BCUT2D eigenvalue weighted by Gasteiger charge is 2.31. The third kappa shape index (κ3) is 6.64. The Morgan fingerprint density at radius 3 is 2.48 bits per heavy atom. The van der Waals surface area contributed by atoms with Crippen molar-refractivity contribution in [1.82, 2.24) is 9.88 Å². The first kappa shape index (κ1) is 19.5. The van der Waals surface area contributed by atoms with Gasteiger partial charge < -0.3 is 14.6 Å².